The maximum absolute atomic E-state index is 12.5. The van der Waals surface area contributed by atoms with E-state index in [2.05, 4.69) is 5.32 Å². The fourth-order valence-corrected chi connectivity index (χ4v) is 4.38. The number of nitrogens with zero attached hydrogens (tertiary/aromatic N) is 1. The SMILES string of the molecule is Cc1ccc(S(=O)(=O)N(C)C)cc1NC(=O)[C@@H](C)OC(=O)CCC1CCCCC1. The third-order valence-electron chi connectivity index (χ3n) is 5.40. The van der Waals surface area contributed by atoms with E-state index in [4.69, 9.17) is 4.74 Å². The van der Waals surface area contributed by atoms with Crippen molar-refractivity contribution in [3.05, 3.63) is 23.8 Å². The van der Waals surface area contributed by atoms with Crippen LogP contribution >= 0.6 is 0 Å². The molecule has 162 valence electrons. The predicted molar refractivity (Wildman–Crippen MR) is 112 cm³/mol. The maximum atomic E-state index is 12.5. The normalized spacial score (nSPS) is 16.4. The van der Waals surface area contributed by atoms with Crippen LogP contribution in [0.5, 0.6) is 0 Å². The van der Waals surface area contributed by atoms with Crippen LogP contribution in [0.4, 0.5) is 5.69 Å². The Hall–Kier alpha value is -1.93. The lowest BCUT2D eigenvalue weighted by Gasteiger charge is -2.21. The number of esters is 1. The summed E-state index contributed by atoms with van der Waals surface area (Å²) in [5.41, 5.74) is 1.09. The fraction of sp³-hybridized carbons (Fsp3) is 0.619. The largest absolute Gasteiger partial charge is 0.453 e. The number of hydrogen-bond acceptors (Lipinski definition) is 5. The van der Waals surface area contributed by atoms with Crippen LogP contribution in [0.1, 0.15) is 57.4 Å². The summed E-state index contributed by atoms with van der Waals surface area (Å²) in [7, 11) is -0.719. The van der Waals surface area contributed by atoms with Crippen molar-refractivity contribution in [2.75, 3.05) is 19.4 Å². The third kappa shape index (κ3) is 6.54. The van der Waals surface area contributed by atoms with E-state index in [9.17, 15) is 18.0 Å². The maximum Gasteiger partial charge on any atom is 0.306 e. The van der Waals surface area contributed by atoms with Gasteiger partial charge in [0.2, 0.25) is 10.0 Å². The van der Waals surface area contributed by atoms with Gasteiger partial charge in [0, 0.05) is 26.2 Å². The molecule has 0 aliphatic heterocycles. The molecule has 0 unspecified atom stereocenters. The van der Waals surface area contributed by atoms with Gasteiger partial charge in [-0.1, -0.05) is 38.2 Å². The molecule has 29 heavy (non-hydrogen) atoms. The van der Waals surface area contributed by atoms with Gasteiger partial charge in [-0.2, -0.15) is 0 Å². The van der Waals surface area contributed by atoms with Crippen molar-refractivity contribution in [3.63, 3.8) is 0 Å². The van der Waals surface area contributed by atoms with Crippen molar-refractivity contribution >= 4 is 27.6 Å². The molecule has 0 bridgehead atoms. The van der Waals surface area contributed by atoms with Gasteiger partial charge < -0.3 is 10.1 Å². The van der Waals surface area contributed by atoms with Crippen LogP contribution in [0.25, 0.3) is 0 Å². The Kier molecular flexibility index (Phi) is 8.22. The summed E-state index contributed by atoms with van der Waals surface area (Å²) in [6, 6.07) is 4.54. The van der Waals surface area contributed by atoms with E-state index in [1.165, 1.54) is 52.4 Å². The van der Waals surface area contributed by atoms with Crippen LogP contribution in [0.3, 0.4) is 0 Å². The van der Waals surface area contributed by atoms with E-state index in [-0.39, 0.29) is 10.9 Å². The summed E-state index contributed by atoms with van der Waals surface area (Å²) in [6.07, 6.45) is 6.20. The van der Waals surface area contributed by atoms with Crippen LogP contribution in [0, 0.1) is 12.8 Å². The van der Waals surface area contributed by atoms with Crippen LogP contribution in [0.15, 0.2) is 23.1 Å². The molecule has 2 rings (SSSR count). The van der Waals surface area contributed by atoms with Gasteiger partial charge in [0.15, 0.2) is 6.10 Å². The first kappa shape index (κ1) is 23.3. The number of aryl methyl sites for hydroxylation is 1. The van der Waals surface area contributed by atoms with Gasteiger partial charge in [-0.3, -0.25) is 9.59 Å². The zero-order valence-electron chi connectivity index (χ0n) is 17.7. The van der Waals surface area contributed by atoms with Crippen molar-refractivity contribution in [2.24, 2.45) is 5.92 Å². The van der Waals surface area contributed by atoms with Crippen molar-refractivity contribution in [1.82, 2.24) is 4.31 Å². The highest BCUT2D eigenvalue weighted by Crippen LogP contribution is 2.27. The topological polar surface area (TPSA) is 92.8 Å². The number of carbonyl (C=O) groups is 2. The lowest BCUT2D eigenvalue weighted by molar-refractivity contribution is -0.153. The smallest absolute Gasteiger partial charge is 0.306 e. The summed E-state index contributed by atoms with van der Waals surface area (Å²) in [4.78, 5) is 24.6. The first-order valence-electron chi connectivity index (χ1n) is 10.1. The molecule has 1 aliphatic rings. The van der Waals surface area contributed by atoms with Crippen LogP contribution < -0.4 is 5.32 Å². The minimum Gasteiger partial charge on any atom is -0.453 e. The number of sulfonamides is 1. The molecule has 1 amide bonds. The molecule has 0 saturated heterocycles. The van der Waals surface area contributed by atoms with Gasteiger partial charge in [0.1, 0.15) is 0 Å². The molecule has 0 spiro atoms. The zero-order valence-corrected chi connectivity index (χ0v) is 18.5. The summed E-state index contributed by atoms with van der Waals surface area (Å²) >= 11 is 0. The molecule has 1 aromatic rings. The van der Waals surface area contributed by atoms with E-state index < -0.39 is 22.0 Å². The minimum absolute atomic E-state index is 0.0838. The van der Waals surface area contributed by atoms with Crippen molar-refractivity contribution < 1.29 is 22.7 Å². The first-order chi connectivity index (χ1) is 13.6. The standard InChI is InChI=1S/C21H32N2O5S/c1-15-10-12-18(29(26,27)23(3)4)14-19(15)22-21(25)16(2)28-20(24)13-11-17-8-6-5-7-9-17/h10,12,14,16-17H,5-9,11,13H2,1-4H3,(H,22,25)/t16-/m1/s1. The average Bonchev–Trinajstić information content (AvgIpc) is 2.68. The molecule has 1 saturated carbocycles. The number of ether oxygens (including phenoxy) is 1. The van der Waals surface area contributed by atoms with E-state index in [1.54, 1.807) is 13.0 Å². The Labute approximate surface area is 173 Å². The second kappa shape index (κ2) is 10.2. The van der Waals surface area contributed by atoms with Crippen LogP contribution in [-0.2, 0) is 24.3 Å². The van der Waals surface area contributed by atoms with Gasteiger partial charge in [-0.15, -0.1) is 0 Å². The summed E-state index contributed by atoms with van der Waals surface area (Å²) in [5.74, 6) is -0.290. The van der Waals surface area contributed by atoms with E-state index in [0.717, 1.165) is 23.6 Å². The highest BCUT2D eigenvalue weighted by atomic mass is 32.2. The quantitative estimate of drug-likeness (QED) is 0.645. The molecule has 1 fully saturated rings. The number of rotatable bonds is 8. The molecule has 7 nitrogen and oxygen atoms in total. The predicted octanol–water partition coefficient (Wildman–Crippen LogP) is 3.48. The monoisotopic (exact) mass is 424 g/mol. The van der Waals surface area contributed by atoms with E-state index in [0.29, 0.717) is 23.6 Å². The zero-order chi connectivity index (χ0) is 21.6. The summed E-state index contributed by atoms with van der Waals surface area (Å²) in [5, 5.41) is 2.67. The minimum atomic E-state index is -3.61. The Morgan fingerprint density at radius 1 is 1.21 bits per heavy atom. The molecule has 0 heterocycles. The lowest BCUT2D eigenvalue weighted by atomic mass is 9.86. The molecular weight excluding hydrogens is 392 g/mol. The highest BCUT2D eigenvalue weighted by Gasteiger charge is 2.22. The number of amides is 1. The number of carbonyl (C=O) groups excluding carboxylic acids is 2. The number of benzene rings is 1. The summed E-state index contributed by atoms with van der Waals surface area (Å²) < 4.78 is 31.0. The van der Waals surface area contributed by atoms with Gasteiger partial charge in [0.25, 0.3) is 5.91 Å². The van der Waals surface area contributed by atoms with E-state index >= 15 is 0 Å². The Morgan fingerprint density at radius 3 is 2.48 bits per heavy atom. The number of anilines is 1. The molecule has 1 N–H and O–H groups in total. The molecule has 1 aromatic carbocycles. The van der Waals surface area contributed by atoms with Gasteiger partial charge >= 0.3 is 5.97 Å². The third-order valence-corrected chi connectivity index (χ3v) is 7.22. The average molecular weight is 425 g/mol. The highest BCUT2D eigenvalue weighted by molar-refractivity contribution is 7.89. The van der Waals surface area contributed by atoms with E-state index in [1.807, 2.05) is 0 Å². The number of hydrogen-bond donors (Lipinski definition) is 1. The molecule has 1 aliphatic carbocycles. The second-order valence-electron chi connectivity index (χ2n) is 7.93. The van der Waals surface area contributed by atoms with Gasteiger partial charge in [-0.25, -0.2) is 12.7 Å². The molecule has 0 aromatic heterocycles. The molecule has 1 atom stereocenters. The second-order valence-corrected chi connectivity index (χ2v) is 10.1. The Morgan fingerprint density at radius 2 is 1.86 bits per heavy atom. The first-order valence-corrected chi connectivity index (χ1v) is 11.6. The van der Waals surface area contributed by atoms with Gasteiger partial charge in [-0.05, 0) is 43.9 Å². The Bertz CT molecular complexity index is 829. The number of nitrogens with one attached hydrogen (secondary N) is 1. The fourth-order valence-electron chi connectivity index (χ4n) is 3.45. The van der Waals surface area contributed by atoms with Crippen molar-refractivity contribution in [1.29, 1.82) is 0 Å². The van der Waals surface area contributed by atoms with Crippen molar-refractivity contribution in [3.8, 4) is 0 Å². The van der Waals surface area contributed by atoms with Crippen LogP contribution in [-0.4, -0.2) is 44.8 Å². The Balaban J connectivity index is 1.94. The lowest BCUT2D eigenvalue weighted by Crippen LogP contribution is -2.30. The molecular formula is C21H32N2O5S. The van der Waals surface area contributed by atoms with Crippen molar-refractivity contribution in [2.45, 2.75) is 69.8 Å². The summed E-state index contributed by atoms with van der Waals surface area (Å²) in [6.45, 7) is 3.28. The van der Waals surface area contributed by atoms with Gasteiger partial charge in [0.05, 0.1) is 4.90 Å². The van der Waals surface area contributed by atoms with Crippen LogP contribution in [0.2, 0.25) is 0 Å². The molecule has 0 radical (unpaired) electrons. The molecule has 8 heteroatoms.